The van der Waals surface area contributed by atoms with Crippen LogP contribution >= 0.6 is 0 Å². The van der Waals surface area contributed by atoms with Gasteiger partial charge in [-0.3, -0.25) is 14.2 Å². The van der Waals surface area contributed by atoms with Gasteiger partial charge >= 0.3 is 11.7 Å². The lowest BCUT2D eigenvalue weighted by Crippen LogP contribution is -2.36. The number of carbonyl (C=O) groups is 1. The van der Waals surface area contributed by atoms with Crippen molar-refractivity contribution in [1.29, 1.82) is 0 Å². The molecule has 0 amide bonds. The molecule has 8 nitrogen and oxygen atoms in total. The van der Waals surface area contributed by atoms with E-state index < -0.39 is 17.2 Å². The smallest absolute Gasteiger partial charge is 0.352 e. The Morgan fingerprint density at radius 3 is 2.70 bits per heavy atom. The van der Waals surface area contributed by atoms with Gasteiger partial charge in [-0.2, -0.15) is 4.98 Å². The molecule has 1 aromatic carbocycles. The Labute approximate surface area is 130 Å². The maximum Gasteiger partial charge on any atom is 0.352 e. The van der Waals surface area contributed by atoms with Crippen LogP contribution in [-0.4, -0.2) is 31.7 Å². The van der Waals surface area contributed by atoms with E-state index in [0.29, 0.717) is 11.0 Å². The first-order valence-electron chi connectivity index (χ1n) is 6.98. The monoisotopic (exact) mass is 314 g/mol. The average molecular weight is 314 g/mol. The summed E-state index contributed by atoms with van der Waals surface area (Å²) in [7, 11) is 1.36. The predicted molar refractivity (Wildman–Crippen MR) is 82.3 cm³/mol. The highest BCUT2D eigenvalue weighted by Crippen LogP contribution is 2.20. The van der Waals surface area contributed by atoms with Crippen LogP contribution in [0.2, 0.25) is 0 Å². The van der Waals surface area contributed by atoms with Gasteiger partial charge in [0, 0.05) is 14.0 Å². The third kappa shape index (κ3) is 2.59. The summed E-state index contributed by atoms with van der Waals surface area (Å²) in [6.45, 7) is 1.68. The molecule has 0 aliphatic carbocycles. The Bertz CT molecular complexity index is 989. The van der Waals surface area contributed by atoms with Gasteiger partial charge in [-0.15, -0.1) is 0 Å². The van der Waals surface area contributed by atoms with Crippen LogP contribution < -0.4 is 11.2 Å². The number of hydrogen-bond acceptors (Lipinski definition) is 6. The number of hydrogen-bond donors (Lipinski definition) is 0. The van der Waals surface area contributed by atoms with E-state index in [9.17, 15) is 14.4 Å². The van der Waals surface area contributed by atoms with Crippen molar-refractivity contribution in [3.05, 3.63) is 45.1 Å². The van der Waals surface area contributed by atoms with Gasteiger partial charge in [0.25, 0.3) is 5.56 Å². The molecule has 0 N–H and O–H groups in total. The summed E-state index contributed by atoms with van der Waals surface area (Å²) in [5, 5.41) is 0. The summed E-state index contributed by atoms with van der Waals surface area (Å²) >= 11 is 0. The quantitative estimate of drug-likeness (QED) is 0.504. The van der Waals surface area contributed by atoms with Gasteiger partial charge in [0.2, 0.25) is 0 Å². The number of para-hydroxylation sites is 2. The molecule has 2 aliphatic heterocycles. The van der Waals surface area contributed by atoms with Crippen molar-refractivity contribution in [3.8, 4) is 11.5 Å². The maximum atomic E-state index is 12.3. The molecule has 8 heteroatoms. The van der Waals surface area contributed by atoms with Crippen LogP contribution in [0, 0.1) is 0 Å². The zero-order valence-corrected chi connectivity index (χ0v) is 12.6. The minimum atomic E-state index is -0.652. The van der Waals surface area contributed by atoms with Crippen LogP contribution in [0.5, 0.6) is 0 Å². The van der Waals surface area contributed by atoms with Crippen LogP contribution in [0.25, 0.3) is 22.6 Å². The molecule has 0 aromatic heterocycles. The Balaban J connectivity index is 2.29. The molecule has 0 bridgehead atoms. The summed E-state index contributed by atoms with van der Waals surface area (Å²) < 4.78 is 7.55. The summed E-state index contributed by atoms with van der Waals surface area (Å²) in [5.74, 6) is -0.217. The van der Waals surface area contributed by atoms with Crippen molar-refractivity contribution in [2.45, 2.75) is 13.5 Å². The number of fused-ring (bicyclic) bond motifs is 2. The Morgan fingerprint density at radius 1 is 1.22 bits per heavy atom. The highest BCUT2D eigenvalue weighted by molar-refractivity contribution is 5.79. The Kier molecular flexibility index (Phi) is 3.65. The van der Waals surface area contributed by atoms with Gasteiger partial charge in [0.05, 0.1) is 17.6 Å². The molecule has 0 fully saturated rings. The average Bonchev–Trinajstić information content (AvgIpc) is 2.53. The van der Waals surface area contributed by atoms with Crippen LogP contribution in [0.1, 0.15) is 6.92 Å². The third-order valence-corrected chi connectivity index (χ3v) is 3.49. The van der Waals surface area contributed by atoms with E-state index >= 15 is 0 Å². The number of carbonyl (C=O) groups excluding carboxylic acids is 1. The van der Waals surface area contributed by atoms with Crippen LogP contribution in [0.4, 0.5) is 0 Å². The second kappa shape index (κ2) is 5.64. The first kappa shape index (κ1) is 14.9. The number of benzene rings is 1. The second-order valence-electron chi connectivity index (χ2n) is 5.02. The Hall–Kier alpha value is -3.03. The lowest BCUT2D eigenvalue weighted by molar-refractivity contribution is -0.141. The molecule has 1 aromatic rings. The molecule has 0 saturated heterocycles. The van der Waals surface area contributed by atoms with Gasteiger partial charge in [-0.1, -0.05) is 12.1 Å². The van der Waals surface area contributed by atoms with Gasteiger partial charge in [0.15, 0.2) is 11.5 Å². The molecule has 3 rings (SSSR count). The fourth-order valence-corrected chi connectivity index (χ4v) is 2.37. The minimum absolute atomic E-state index is 0.105. The minimum Gasteiger partial charge on any atom is -0.464 e. The highest BCUT2D eigenvalue weighted by Gasteiger charge is 2.20. The predicted octanol–water partition coefficient (Wildman–Crippen LogP) is 0.158. The molecule has 2 heterocycles. The number of rotatable bonds is 3. The van der Waals surface area contributed by atoms with E-state index in [1.165, 1.54) is 14.0 Å². The molecule has 0 atom stereocenters. The normalized spacial score (nSPS) is 11.0. The van der Waals surface area contributed by atoms with Crippen LogP contribution in [0.3, 0.4) is 0 Å². The van der Waals surface area contributed by atoms with Gasteiger partial charge < -0.3 is 9.30 Å². The molecule has 23 heavy (non-hydrogen) atoms. The zero-order chi connectivity index (χ0) is 16.6. The lowest BCUT2D eigenvalue weighted by atomic mass is 10.2. The van der Waals surface area contributed by atoms with E-state index in [0.717, 1.165) is 4.57 Å². The first-order chi connectivity index (χ1) is 11.0. The molecule has 2 aliphatic rings. The number of ether oxygens (including phenoxy) is 1. The summed E-state index contributed by atoms with van der Waals surface area (Å²) in [5.41, 5.74) is 0.245. The molecular weight excluding hydrogens is 300 g/mol. The SMILES string of the molecule is CC(=O)OCCn1c2nc(=O)n(C)c(=O)c-2nc2ccccc21. The zero-order valence-electron chi connectivity index (χ0n) is 12.6. The fraction of sp³-hybridized carbons (Fsp3) is 0.267. The van der Waals surface area contributed by atoms with Crippen molar-refractivity contribution in [1.82, 2.24) is 19.1 Å². The maximum absolute atomic E-state index is 12.3. The van der Waals surface area contributed by atoms with E-state index in [1.807, 2.05) is 6.07 Å². The summed E-state index contributed by atoms with van der Waals surface area (Å²) in [6.07, 6.45) is 0. The van der Waals surface area contributed by atoms with Crippen LogP contribution in [-0.2, 0) is 23.1 Å². The van der Waals surface area contributed by atoms with Gasteiger partial charge in [-0.05, 0) is 12.1 Å². The van der Waals surface area contributed by atoms with Crippen molar-refractivity contribution in [2.24, 2.45) is 7.05 Å². The van der Waals surface area contributed by atoms with Gasteiger partial charge in [-0.25, -0.2) is 9.78 Å². The van der Waals surface area contributed by atoms with Crippen molar-refractivity contribution < 1.29 is 9.53 Å². The number of nitrogens with zero attached hydrogens (tertiary/aromatic N) is 4. The number of esters is 1. The number of aromatic nitrogens is 4. The molecule has 0 radical (unpaired) electrons. The standard InChI is InChI=1S/C15H14N4O4/c1-9(20)23-8-7-19-11-6-4-3-5-10(11)16-12-13(19)17-15(22)18(2)14(12)21/h3-6H,7-8H2,1-2H3. The third-order valence-electron chi connectivity index (χ3n) is 3.49. The largest absolute Gasteiger partial charge is 0.464 e. The van der Waals surface area contributed by atoms with E-state index in [-0.39, 0.29) is 24.7 Å². The van der Waals surface area contributed by atoms with Crippen LogP contribution in [0.15, 0.2) is 33.9 Å². The summed E-state index contributed by atoms with van der Waals surface area (Å²) in [4.78, 5) is 43.4. The molecule has 0 unspecified atom stereocenters. The molecule has 0 saturated carbocycles. The fourth-order valence-electron chi connectivity index (χ4n) is 2.37. The molecule has 0 spiro atoms. The van der Waals surface area contributed by atoms with E-state index in [4.69, 9.17) is 4.74 Å². The van der Waals surface area contributed by atoms with E-state index in [1.54, 1.807) is 22.8 Å². The topological polar surface area (TPSA) is 96.1 Å². The molecule has 118 valence electrons. The highest BCUT2D eigenvalue weighted by atomic mass is 16.5. The second-order valence-corrected chi connectivity index (χ2v) is 5.02. The first-order valence-corrected chi connectivity index (χ1v) is 6.98. The van der Waals surface area contributed by atoms with Crippen molar-refractivity contribution in [2.75, 3.05) is 6.61 Å². The molecular formula is C15H14N4O4. The van der Waals surface area contributed by atoms with E-state index in [2.05, 4.69) is 9.97 Å². The lowest BCUT2D eigenvalue weighted by Gasteiger charge is -2.17. The van der Waals surface area contributed by atoms with Gasteiger partial charge in [0.1, 0.15) is 6.61 Å². The van der Waals surface area contributed by atoms with Crippen molar-refractivity contribution >= 4 is 17.0 Å². The van der Waals surface area contributed by atoms with Crippen molar-refractivity contribution in [3.63, 3.8) is 0 Å². The summed E-state index contributed by atoms with van der Waals surface area (Å²) in [6, 6.07) is 7.19. The Morgan fingerprint density at radius 2 is 1.96 bits per heavy atom.